The minimum atomic E-state index is -0.865. The largest absolute Gasteiger partial charge is 0.481 e. The monoisotopic (exact) mass is 225 g/mol. The summed E-state index contributed by atoms with van der Waals surface area (Å²) in [6.45, 7) is 0. The van der Waals surface area contributed by atoms with E-state index in [0.29, 0.717) is 28.4 Å². The molecule has 0 aliphatic carbocycles. The molecule has 0 aliphatic heterocycles. The van der Waals surface area contributed by atoms with Crippen molar-refractivity contribution in [3.8, 4) is 0 Å². The first-order valence-corrected chi connectivity index (χ1v) is 4.80. The fourth-order valence-electron chi connectivity index (χ4n) is 1.27. The summed E-state index contributed by atoms with van der Waals surface area (Å²) in [5, 5.41) is 9.09. The second-order valence-corrected chi connectivity index (χ2v) is 3.55. The molecule has 4 nitrogen and oxygen atoms in total. The van der Waals surface area contributed by atoms with Gasteiger partial charge in [-0.05, 0) is 18.2 Å². The van der Waals surface area contributed by atoms with Crippen molar-refractivity contribution in [3.05, 3.63) is 29.1 Å². The Labute approximate surface area is 90.5 Å². The van der Waals surface area contributed by atoms with Crippen LogP contribution >= 0.6 is 11.6 Å². The standard InChI is InChI=1S/C10H8ClNO3/c11-6-1-2-8-7(5-6)12-9(15-8)3-4-10(13)14/h1-2,5H,3-4H2,(H,13,14). The van der Waals surface area contributed by atoms with E-state index in [-0.39, 0.29) is 6.42 Å². The first kappa shape index (κ1) is 9.98. The van der Waals surface area contributed by atoms with Gasteiger partial charge in [0.25, 0.3) is 0 Å². The Kier molecular flexibility index (Phi) is 2.60. The molecule has 0 atom stereocenters. The normalized spacial score (nSPS) is 10.7. The lowest BCUT2D eigenvalue weighted by Gasteiger charge is -1.88. The number of rotatable bonds is 3. The fraction of sp³-hybridized carbons (Fsp3) is 0.200. The van der Waals surface area contributed by atoms with Crippen LogP contribution in [0.2, 0.25) is 5.02 Å². The molecular formula is C10H8ClNO3. The Hall–Kier alpha value is -1.55. The number of hydrogen-bond acceptors (Lipinski definition) is 3. The van der Waals surface area contributed by atoms with Crippen LogP contribution in [0.4, 0.5) is 0 Å². The summed E-state index contributed by atoms with van der Waals surface area (Å²) in [7, 11) is 0. The molecule has 0 aliphatic rings. The average molecular weight is 226 g/mol. The van der Waals surface area contributed by atoms with Crippen molar-refractivity contribution in [2.24, 2.45) is 0 Å². The summed E-state index contributed by atoms with van der Waals surface area (Å²) in [4.78, 5) is 14.5. The number of hydrogen-bond donors (Lipinski definition) is 1. The van der Waals surface area contributed by atoms with Crippen molar-refractivity contribution in [3.63, 3.8) is 0 Å². The zero-order valence-corrected chi connectivity index (χ0v) is 8.49. The van der Waals surface area contributed by atoms with Gasteiger partial charge in [0, 0.05) is 11.4 Å². The van der Waals surface area contributed by atoms with Gasteiger partial charge in [-0.2, -0.15) is 0 Å². The van der Waals surface area contributed by atoms with Gasteiger partial charge in [0.15, 0.2) is 11.5 Å². The van der Waals surface area contributed by atoms with Crippen LogP contribution in [0.1, 0.15) is 12.3 Å². The van der Waals surface area contributed by atoms with E-state index in [1.54, 1.807) is 18.2 Å². The number of halogens is 1. The van der Waals surface area contributed by atoms with Crippen LogP contribution in [0.15, 0.2) is 22.6 Å². The van der Waals surface area contributed by atoms with E-state index in [0.717, 1.165) is 0 Å². The highest BCUT2D eigenvalue weighted by molar-refractivity contribution is 6.31. The van der Waals surface area contributed by atoms with Crippen LogP contribution in [0.5, 0.6) is 0 Å². The average Bonchev–Trinajstić information content (AvgIpc) is 2.56. The van der Waals surface area contributed by atoms with Gasteiger partial charge in [0.1, 0.15) is 5.52 Å². The Morgan fingerprint density at radius 1 is 1.53 bits per heavy atom. The van der Waals surface area contributed by atoms with E-state index in [4.69, 9.17) is 21.1 Å². The van der Waals surface area contributed by atoms with E-state index in [9.17, 15) is 4.79 Å². The molecule has 0 fully saturated rings. The first-order chi connectivity index (χ1) is 7.15. The van der Waals surface area contributed by atoms with Gasteiger partial charge in [0.05, 0.1) is 6.42 Å². The molecule has 2 rings (SSSR count). The van der Waals surface area contributed by atoms with Gasteiger partial charge in [-0.3, -0.25) is 4.79 Å². The van der Waals surface area contributed by atoms with Crippen LogP contribution in [0.3, 0.4) is 0 Å². The van der Waals surface area contributed by atoms with E-state index in [1.807, 2.05) is 0 Å². The zero-order valence-electron chi connectivity index (χ0n) is 7.74. The van der Waals surface area contributed by atoms with Crippen molar-refractivity contribution >= 4 is 28.7 Å². The molecule has 0 bridgehead atoms. The number of aryl methyl sites for hydroxylation is 1. The second-order valence-electron chi connectivity index (χ2n) is 3.11. The summed E-state index contributed by atoms with van der Waals surface area (Å²) in [5.74, 6) is -0.440. The van der Waals surface area contributed by atoms with Crippen LogP contribution in [0, 0.1) is 0 Å². The molecule has 0 amide bonds. The Bertz CT molecular complexity index is 506. The molecule has 0 unspecified atom stereocenters. The lowest BCUT2D eigenvalue weighted by atomic mass is 10.3. The smallest absolute Gasteiger partial charge is 0.303 e. The first-order valence-electron chi connectivity index (χ1n) is 4.42. The zero-order chi connectivity index (χ0) is 10.8. The number of oxazole rings is 1. The molecular weight excluding hydrogens is 218 g/mol. The quantitative estimate of drug-likeness (QED) is 0.872. The summed E-state index contributed by atoms with van der Waals surface area (Å²) in [5.41, 5.74) is 1.28. The summed E-state index contributed by atoms with van der Waals surface area (Å²) >= 11 is 5.78. The van der Waals surface area contributed by atoms with Crippen LogP contribution in [-0.4, -0.2) is 16.1 Å². The maximum atomic E-state index is 10.4. The molecule has 0 radical (unpaired) electrons. The number of carboxylic acids is 1. The molecule has 15 heavy (non-hydrogen) atoms. The predicted molar refractivity (Wildman–Crippen MR) is 55.0 cm³/mol. The van der Waals surface area contributed by atoms with Gasteiger partial charge in [0.2, 0.25) is 0 Å². The topological polar surface area (TPSA) is 63.3 Å². The maximum Gasteiger partial charge on any atom is 0.303 e. The fourth-order valence-corrected chi connectivity index (χ4v) is 1.44. The molecule has 0 saturated carbocycles. The van der Waals surface area contributed by atoms with Crippen LogP contribution < -0.4 is 0 Å². The van der Waals surface area contributed by atoms with Gasteiger partial charge in [-0.1, -0.05) is 11.6 Å². The third-order valence-corrected chi connectivity index (χ3v) is 2.18. The van der Waals surface area contributed by atoms with E-state index in [1.165, 1.54) is 0 Å². The molecule has 0 spiro atoms. The molecule has 5 heteroatoms. The summed E-state index contributed by atoms with van der Waals surface area (Å²) < 4.78 is 5.34. The highest BCUT2D eigenvalue weighted by Crippen LogP contribution is 2.20. The molecule has 0 saturated heterocycles. The third kappa shape index (κ3) is 2.27. The number of benzene rings is 1. The predicted octanol–water partition coefficient (Wildman–Crippen LogP) is 2.50. The summed E-state index contributed by atoms with van der Waals surface area (Å²) in [6.07, 6.45) is 0.308. The maximum absolute atomic E-state index is 10.4. The minimum absolute atomic E-state index is 0.0144. The Morgan fingerprint density at radius 3 is 3.07 bits per heavy atom. The molecule has 1 aromatic carbocycles. The number of nitrogens with zero attached hydrogens (tertiary/aromatic N) is 1. The van der Waals surface area contributed by atoms with Crippen molar-refractivity contribution in [1.82, 2.24) is 4.98 Å². The molecule has 1 heterocycles. The molecule has 78 valence electrons. The van der Waals surface area contributed by atoms with E-state index in [2.05, 4.69) is 4.98 Å². The van der Waals surface area contributed by atoms with Crippen molar-refractivity contribution in [1.29, 1.82) is 0 Å². The van der Waals surface area contributed by atoms with Gasteiger partial charge >= 0.3 is 5.97 Å². The number of aromatic nitrogens is 1. The number of aliphatic carboxylic acids is 1. The number of fused-ring (bicyclic) bond motifs is 1. The Balaban J connectivity index is 2.27. The van der Waals surface area contributed by atoms with E-state index >= 15 is 0 Å². The highest BCUT2D eigenvalue weighted by atomic mass is 35.5. The molecule has 2 aromatic rings. The van der Waals surface area contributed by atoms with Gasteiger partial charge in [-0.15, -0.1) is 0 Å². The summed E-state index contributed by atoms with van der Waals surface area (Å²) in [6, 6.07) is 5.11. The third-order valence-electron chi connectivity index (χ3n) is 1.95. The number of carboxylic acid groups (broad SMARTS) is 1. The Morgan fingerprint density at radius 2 is 2.33 bits per heavy atom. The van der Waals surface area contributed by atoms with Crippen molar-refractivity contribution in [2.75, 3.05) is 0 Å². The lowest BCUT2D eigenvalue weighted by Crippen LogP contribution is -1.97. The molecule has 1 aromatic heterocycles. The van der Waals surface area contributed by atoms with Crippen LogP contribution in [0.25, 0.3) is 11.1 Å². The molecule has 1 N–H and O–H groups in total. The SMILES string of the molecule is O=C(O)CCc1nc2cc(Cl)ccc2o1. The number of carbonyl (C=O) groups is 1. The minimum Gasteiger partial charge on any atom is -0.481 e. The van der Waals surface area contributed by atoms with Gasteiger partial charge < -0.3 is 9.52 Å². The van der Waals surface area contributed by atoms with Crippen molar-refractivity contribution in [2.45, 2.75) is 12.8 Å². The van der Waals surface area contributed by atoms with Gasteiger partial charge in [-0.25, -0.2) is 4.98 Å². The van der Waals surface area contributed by atoms with Crippen LogP contribution in [-0.2, 0) is 11.2 Å². The van der Waals surface area contributed by atoms with Crippen molar-refractivity contribution < 1.29 is 14.3 Å². The second kappa shape index (κ2) is 3.90. The van der Waals surface area contributed by atoms with E-state index < -0.39 is 5.97 Å². The highest BCUT2D eigenvalue weighted by Gasteiger charge is 2.07. The lowest BCUT2D eigenvalue weighted by molar-refractivity contribution is -0.137.